The van der Waals surface area contributed by atoms with Crippen LogP contribution in [0.2, 0.25) is 0 Å². The van der Waals surface area contributed by atoms with E-state index in [1.165, 1.54) is 25.3 Å². The molecule has 0 atom stereocenters. The predicted octanol–water partition coefficient (Wildman–Crippen LogP) is 4.41. The predicted molar refractivity (Wildman–Crippen MR) is 136 cm³/mol. The monoisotopic (exact) mass is 495 g/mol. The Morgan fingerprint density at radius 1 is 0.914 bits per heavy atom. The fourth-order valence-corrected chi connectivity index (χ4v) is 4.41. The zero-order chi connectivity index (χ0) is 25.4. The molecular weight excluding hydrogens is 466 g/mol. The fraction of sp³-hybridized carbons (Fsp3) is 0.231. The number of ether oxygens (including phenoxy) is 1. The summed E-state index contributed by atoms with van der Waals surface area (Å²) in [5.41, 5.74) is 2.04. The first-order valence-corrected chi connectivity index (χ1v) is 12.6. The molecule has 0 radical (unpaired) electrons. The number of sulfonamides is 1. The molecule has 0 heterocycles. The first-order chi connectivity index (χ1) is 16.7. The summed E-state index contributed by atoms with van der Waals surface area (Å²) in [6.45, 7) is 4.16. The number of rotatable bonds is 10. The summed E-state index contributed by atoms with van der Waals surface area (Å²) in [5.74, 6) is 0.377. The van der Waals surface area contributed by atoms with Crippen LogP contribution < -0.4 is 20.1 Å². The third kappa shape index (κ3) is 7.58. The van der Waals surface area contributed by atoms with Crippen LogP contribution in [0.1, 0.15) is 36.2 Å². The Labute approximate surface area is 205 Å². The van der Waals surface area contributed by atoms with Crippen LogP contribution in [0.15, 0.2) is 77.7 Å². The van der Waals surface area contributed by atoms with Gasteiger partial charge >= 0.3 is 0 Å². The van der Waals surface area contributed by atoms with Gasteiger partial charge < -0.3 is 15.4 Å². The molecule has 3 aromatic rings. The number of hydrogen-bond acceptors (Lipinski definition) is 5. The number of anilines is 2. The summed E-state index contributed by atoms with van der Waals surface area (Å²) in [4.78, 5) is 24.7. The number of hydrogen-bond donors (Lipinski definition) is 3. The number of nitrogens with one attached hydrogen (secondary N) is 3. The highest BCUT2D eigenvalue weighted by molar-refractivity contribution is 7.92. The molecule has 9 heteroatoms. The first kappa shape index (κ1) is 25.8. The maximum atomic E-state index is 12.8. The van der Waals surface area contributed by atoms with E-state index >= 15 is 0 Å². The van der Waals surface area contributed by atoms with Crippen LogP contribution in [0.4, 0.5) is 11.4 Å². The van der Waals surface area contributed by atoms with Crippen molar-refractivity contribution in [3.8, 4) is 5.75 Å². The standard InChI is InChI=1S/C26H29N3O5S/c1-18(2)14-25(30)28-22-8-4-6-19(15-22)17-27-26(31)20-7-5-9-24(16-20)35(32,33)29-21-10-12-23(34-3)13-11-21/h4-13,15-16,18,29H,14,17H2,1-3H3,(H,27,31)(H,28,30). The van der Waals surface area contributed by atoms with Gasteiger partial charge in [-0.15, -0.1) is 0 Å². The van der Waals surface area contributed by atoms with Crippen molar-refractivity contribution in [3.05, 3.63) is 83.9 Å². The second kappa shape index (κ2) is 11.5. The van der Waals surface area contributed by atoms with Gasteiger partial charge in [0.2, 0.25) is 5.91 Å². The van der Waals surface area contributed by atoms with Crippen molar-refractivity contribution in [2.45, 2.75) is 31.7 Å². The highest BCUT2D eigenvalue weighted by atomic mass is 32.2. The molecule has 3 N–H and O–H groups in total. The second-order valence-corrected chi connectivity index (χ2v) is 10.1. The zero-order valence-electron chi connectivity index (χ0n) is 19.9. The molecule has 35 heavy (non-hydrogen) atoms. The average Bonchev–Trinajstić information content (AvgIpc) is 2.82. The topological polar surface area (TPSA) is 114 Å². The molecule has 0 unspecified atom stereocenters. The number of methoxy groups -OCH3 is 1. The van der Waals surface area contributed by atoms with E-state index in [4.69, 9.17) is 4.74 Å². The van der Waals surface area contributed by atoms with Crippen LogP contribution in [0.3, 0.4) is 0 Å². The molecule has 0 spiro atoms. The summed E-state index contributed by atoms with van der Waals surface area (Å²) >= 11 is 0. The molecule has 184 valence electrons. The molecule has 0 aliphatic heterocycles. The van der Waals surface area contributed by atoms with E-state index in [-0.39, 0.29) is 28.8 Å². The van der Waals surface area contributed by atoms with E-state index < -0.39 is 15.9 Å². The van der Waals surface area contributed by atoms with Crippen LogP contribution in [0, 0.1) is 5.92 Å². The minimum Gasteiger partial charge on any atom is -0.497 e. The Morgan fingerprint density at radius 2 is 1.63 bits per heavy atom. The van der Waals surface area contributed by atoms with Crippen molar-refractivity contribution in [2.75, 3.05) is 17.1 Å². The highest BCUT2D eigenvalue weighted by Crippen LogP contribution is 2.20. The summed E-state index contributed by atoms with van der Waals surface area (Å²) in [6, 6.07) is 19.5. The van der Waals surface area contributed by atoms with E-state index in [9.17, 15) is 18.0 Å². The molecule has 0 saturated heterocycles. The molecule has 3 aromatic carbocycles. The van der Waals surface area contributed by atoms with Crippen molar-refractivity contribution in [1.29, 1.82) is 0 Å². The Kier molecular flexibility index (Phi) is 8.48. The number of carbonyl (C=O) groups is 2. The third-order valence-electron chi connectivity index (χ3n) is 5.01. The zero-order valence-corrected chi connectivity index (χ0v) is 20.7. The van der Waals surface area contributed by atoms with Crippen LogP contribution in [-0.4, -0.2) is 27.3 Å². The minimum absolute atomic E-state index is 0.0316. The summed E-state index contributed by atoms with van der Waals surface area (Å²) in [5, 5.41) is 5.64. The first-order valence-electron chi connectivity index (χ1n) is 11.1. The molecular formula is C26H29N3O5S. The minimum atomic E-state index is -3.89. The van der Waals surface area contributed by atoms with Gasteiger partial charge in [-0.2, -0.15) is 0 Å². The van der Waals surface area contributed by atoms with E-state index in [0.29, 0.717) is 23.5 Å². The van der Waals surface area contributed by atoms with Crippen molar-refractivity contribution >= 4 is 33.2 Å². The Balaban J connectivity index is 1.64. The quantitative estimate of drug-likeness (QED) is 0.386. The van der Waals surface area contributed by atoms with Crippen LogP contribution in [0.25, 0.3) is 0 Å². The molecule has 0 fully saturated rings. The number of benzene rings is 3. The van der Waals surface area contributed by atoms with Gasteiger partial charge in [0.15, 0.2) is 0 Å². The molecule has 0 bridgehead atoms. The molecule has 0 saturated carbocycles. The lowest BCUT2D eigenvalue weighted by Gasteiger charge is -2.11. The van der Waals surface area contributed by atoms with Gasteiger partial charge in [-0.25, -0.2) is 8.42 Å². The lowest BCUT2D eigenvalue weighted by molar-refractivity contribution is -0.116. The van der Waals surface area contributed by atoms with Crippen molar-refractivity contribution in [3.63, 3.8) is 0 Å². The largest absolute Gasteiger partial charge is 0.497 e. The summed E-state index contributed by atoms with van der Waals surface area (Å²) in [6.07, 6.45) is 0.424. The van der Waals surface area contributed by atoms with Crippen LogP contribution in [-0.2, 0) is 21.4 Å². The maximum Gasteiger partial charge on any atom is 0.261 e. The van der Waals surface area contributed by atoms with E-state index in [1.807, 2.05) is 19.9 Å². The van der Waals surface area contributed by atoms with Gasteiger partial charge in [0.25, 0.3) is 15.9 Å². The van der Waals surface area contributed by atoms with E-state index in [0.717, 1.165) is 5.56 Å². The van der Waals surface area contributed by atoms with Crippen molar-refractivity contribution in [1.82, 2.24) is 5.32 Å². The SMILES string of the molecule is COc1ccc(NS(=O)(=O)c2cccc(C(=O)NCc3cccc(NC(=O)CC(C)C)c3)c2)cc1. The summed E-state index contributed by atoms with van der Waals surface area (Å²) < 4.78 is 33.2. The van der Waals surface area contributed by atoms with Crippen LogP contribution in [0.5, 0.6) is 5.75 Å². The molecule has 2 amide bonds. The molecule has 8 nitrogen and oxygen atoms in total. The van der Waals surface area contributed by atoms with Crippen LogP contribution >= 0.6 is 0 Å². The third-order valence-corrected chi connectivity index (χ3v) is 6.39. The molecule has 3 rings (SSSR count). The van der Waals surface area contributed by atoms with Gasteiger partial charge in [0.1, 0.15) is 5.75 Å². The van der Waals surface area contributed by atoms with Gasteiger partial charge in [-0.3, -0.25) is 14.3 Å². The Hall–Kier alpha value is -3.85. The molecule has 0 aliphatic carbocycles. The van der Waals surface area contributed by atoms with Gasteiger partial charge in [0, 0.05) is 29.9 Å². The van der Waals surface area contributed by atoms with Gasteiger partial charge in [-0.1, -0.05) is 32.0 Å². The van der Waals surface area contributed by atoms with Crippen molar-refractivity contribution in [2.24, 2.45) is 5.92 Å². The molecule has 0 aliphatic rings. The normalized spacial score (nSPS) is 11.1. The van der Waals surface area contributed by atoms with Crippen molar-refractivity contribution < 1.29 is 22.7 Å². The average molecular weight is 496 g/mol. The summed E-state index contributed by atoms with van der Waals surface area (Å²) in [7, 11) is -2.37. The number of carbonyl (C=O) groups excluding carboxylic acids is 2. The highest BCUT2D eigenvalue weighted by Gasteiger charge is 2.17. The lowest BCUT2D eigenvalue weighted by atomic mass is 10.1. The smallest absolute Gasteiger partial charge is 0.261 e. The lowest BCUT2D eigenvalue weighted by Crippen LogP contribution is -2.23. The van der Waals surface area contributed by atoms with Gasteiger partial charge in [-0.05, 0) is 66.1 Å². The fourth-order valence-electron chi connectivity index (χ4n) is 3.30. The maximum absolute atomic E-state index is 12.8. The van der Waals surface area contributed by atoms with E-state index in [2.05, 4.69) is 15.4 Å². The Bertz CT molecular complexity index is 1290. The van der Waals surface area contributed by atoms with E-state index in [1.54, 1.807) is 48.5 Å². The van der Waals surface area contributed by atoms with Gasteiger partial charge in [0.05, 0.1) is 12.0 Å². The Morgan fingerprint density at radius 3 is 2.31 bits per heavy atom. The number of amides is 2. The second-order valence-electron chi connectivity index (χ2n) is 8.39. The molecule has 0 aromatic heterocycles.